The zero-order valence-corrected chi connectivity index (χ0v) is 12.2. The van der Waals surface area contributed by atoms with Crippen molar-refractivity contribution in [2.24, 2.45) is 0 Å². The van der Waals surface area contributed by atoms with Crippen LogP contribution < -0.4 is 5.32 Å². The second kappa shape index (κ2) is 7.88. The van der Waals surface area contributed by atoms with Crippen LogP contribution in [0.5, 0.6) is 0 Å². The molecular weight excluding hydrogens is 250 g/mol. The predicted molar refractivity (Wildman–Crippen MR) is 80.7 cm³/mol. The minimum atomic E-state index is 0.102. The highest BCUT2D eigenvalue weighted by atomic mass is 16.5. The van der Waals surface area contributed by atoms with Crippen LogP contribution in [0.1, 0.15) is 37.6 Å². The summed E-state index contributed by atoms with van der Waals surface area (Å²) in [7, 11) is 0. The lowest BCUT2D eigenvalue weighted by Crippen LogP contribution is -2.24. The van der Waals surface area contributed by atoms with Crippen LogP contribution in [0, 0.1) is 0 Å². The van der Waals surface area contributed by atoms with Crippen molar-refractivity contribution in [1.82, 2.24) is 5.32 Å². The summed E-state index contributed by atoms with van der Waals surface area (Å²) < 4.78 is 11.1. The summed E-state index contributed by atoms with van der Waals surface area (Å²) in [4.78, 5) is 0. The molecule has 0 aliphatic heterocycles. The Morgan fingerprint density at radius 2 is 1.90 bits per heavy atom. The van der Waals surface area contributed by atoms with Gasteiger partial charge in [0.25, 0.3) is 0 Å². The average Bonchev–Trinajstić information content (AvgIpc) is 2.97. The van der Waals surface area contributed by atoms with Crippen LogP contribution >= 0.6 is 0 Å². The van der Waals surface area contributed by atoms with E-state index in [1.807, 2.05) is 18.2 Å². The first kappa shape index (κ1) is 14.8. The summed E-state index contributed by atoms with van der Waals surface area (Å²) in [6.45, 7) is 5.80. The standard InChI is InChI=1S/C17H23NO2/c1-14(2)19-13-7-11-18-17(16-10-6-12-20-16)15-8-4-3-5-9-15/h3-6,8-10,12,14,17-18H,7,11,13H2,1-2H3. The lowest BCUT2D eigenvalue weighted by Gasteiger charge is -2.17. The van der Waals surface area contributed by atoms with Gasteiger partial charge in [-0.05, 0) is 44.5 Å². The molecule has 2 rings (SSSR count). The fourth-order valence-corrected chi connectivity index (χ4v) is 2.12. The molecule has 1 aromatic heterocycles. The lowest BCUT2D eigenvalue weighted by molar-refractivity contribution is 0.0767. The molecule has 0 bridgehead atoms. The van der Waals surface area contributed by atoms with Crippen molar-refractivity contribution in [3.05, 3.63) is 60.1 Å². The van der Waals surface area contributed by atoms with Gasteiger partial charge in [0.15, 0.2) is 0 Å². The third kappa shape index (κ3) is 4.51. The summed E-state index contributed by atoms with van der Waals surface area (Å²) >= 11 is 0. The van der Waals surface area contributed by atoms with Gasteiger partial charge in [0.05, 0.1) is 18.4 Å². The molecule has 0 spiro atoms. The minimum absolute atomic E-state index is 0.102. The van der Waals surface area contributed by atoms with Crippen LogP contribution in [0.3, 0.4) is 0 Å². The van der Waals surface area contributed by atoms with E-state index in [1.54, 1.807) is 6.26 Å². The Morgan fingerprint density at radius 3 is 2.55 bits per heavy atom. The van der Waals surface area contributed by atoms with Gasteiger partial charge in [-0.3, -0.25) is 0 Å². The number of rotatable bonds is 8. The number of ether oxygens (including phenoxy) is 1. The molecule has 1 heterocycles. The van der Waals surface area contributed by atoms with Crippen LogP contribution in [0.15, 0.2) is 53.1 Å². The van der Waals surface area contributed by atoms with Gasteiger partial charge in [-0.1, -0.05) is 30.3 Å². The van der Waals surface area contributed by atoms with Crippen molar-refractivity contribution in [2.75, 3.05) is 13.2 Å². The van der Waals surface area contributed by atoms with Gasteiger partial charge in [0.1, 0.15) is 5.76 Å². The van der Waals surface area contributed by atoms with Crippen LogP contribution in [-0.2, 0) is 4.74 Å². The van der Waals surface area contributed by atoms with E-state index in [0.717, 1.165) is 25.3 Å². The molecule has 1 N–H and O–H groups in total. The third-order valence-corrected chi connectivity index (χ3v) is 3.08. The van der Waals surface area contributed by atoms with Crippen molar-refractivity contribution >= 4 is 0 Å². The van der Waals surface area contributed by atoms with E-state index in [4.69, 9.17) is 9.15 Å². The maximum atomic E-state index is 5.56. The van der Waals surface area contributed by atoms with Gasteiger partial charge in [-0.15, -0.1) is 0 Å². The van der Waals surface area contributed by atoms with Gasteiger partial charge in [-0.2, -0.15) is 0 Å². The summed E-state index contributed by atoms with van der Waals surface area (Å²) in [5.41, 5.74) is 1.22. The topological polar surface area (TPSA) is 34.4 Å². The molecule has 0 saturated heterocycles. The molecule has 0 saturated carbocycles. The van der Waals surface area contributed by atoms with Gasteiger partial charge < -0.3 is 14.5 Å². The molecule has 0 aliphatic carbocycles. The van der Waals surface area contributed by atoms with Crippen molar-refractivity contribution in [2.45, 2.75) is 32.4 Å². The molecule has 2 aromatic rings. The smallest absolute Gasteiger partial charge is 0.125 e. The molecule has 108 valence electrons. The lowest BCUT2D eigenvalue weighted by atomic mass is 10.0. The first-order valence-corrected chi connectivity index (χ1v) is 7.20. The predicted octanol–water partition coefficient (Wildman–Crippen LogP) is 3.77. The summed E-state index contributed by atoms with van der Waals surface area (Å²) in [5.74, 6) is 0.945. The maximum Gasteiger partial charge on any atom is 0.125 e. The molecular formula is C17H23NO2. The molecule has 0 aliphatic rings. The fraction of sp³-hybridized carbons (Fsp3) is 0.412. The Morgan fingerprint density at radius 1 is 1.10 bits per heavy atom. The first-order chi connectivity index (χ1) is 9.77. The van der Waals surface area contributed by atoms with E-state index in [1.165, 1.54) is 5.56 Å². The summed E-state index contributed by atoms with van der Waals surface area (Å²) in [6.07, 6.45) is 3.00. The molecule has 3 heteroatoms. The Kier molecular flexibility index (Phi) is 5.84. The van der Waals surface area contributed by atoms with E-state index in [0.29, 0.717) is 6.10 Å². The quantitative estimate of drug-likeness (QED) is 0.743. The number of benzene rings is 1. The number of nitrogens with one attached hydrogen (secondary N) is 1. The number of hydrogen-bond donors (Lipinski definition) is 1. The highest BCUT2D eigenvalue weighted by Crippen LogP contribution is 2.22. The van der Waals surface area contributed by atoms with Crippen molar-refractivity contribution < 1.29 is 9.15 Å². The van der Waals surface area contributed by atoms with E-state index in [2.05, 4.69) is 43.4 Å². The van der Waals surface area contributed by atoms with E-state index in [9.17, 15) is 0 Å². The molecule has 1 atom stereocenters. The fourth-order valence-electron chi connectivity index (χ4n) is 2.12. The van der Waals surface area contributed by atoms with Crippen LogP contribution in [0.4, 0.5) is 0 Å². The van der Waals surface area contributed by atoms with Gasteiger partial charge in [0.2, 0.25) is 0 Å². The van der Waals surface area contributed by atoms with Crippen molar-refractivity contribution in [1.29, 1.82) is 0 Å². The van der Waals surface area contributed by atoms with E-state index in [-0.39, 0.29) is 6.04 Å². The number of furan rings is 1. The average molecular weight is 273 g/mol. The Balaban J connectivity index is 1.91. The molecule has 3 nitrogen and oxygen atoms in total. The zero-order valence-electron chi connectivity index (χ0n) is 12.2. The Bertz CT molecular complexity index is 465. The van der Waals surface area contributed by atoms with Crippen molar-refractivity contribution in [3.8, 4) is 0 Å². The molecule has 0 radical (unpaired) electrons. The monoisotopic (exact) mass is 273 g/mol. The minimum Gasteiger partial charge on any atom is -0.467 e. The molecule has 0 fully saturated rings. The number of hydrogen-bond acceptors (Lipinski definition) is 3. The highest BCUT2D eigenvalue weighted by Gasteiger charge is 2.15. The maximum absolute atomic E-state index is 5.56. The highest BCUT2D eigenvalue weighted by molar-refractivity contribution is 5.26. The van der Waals surface area contributed by atoms with Gasteiger partial charge in [-0.25, -0.2) is 0 Å². The van der Waals surface area contributed by atoms with Crippen LogP contribution in [0.2, 0.25) is 0 Å². The van der Waals surface area contributed by atoms with Gasteiger partial charge >= 0.3 is 0 Å². The van der Waals surface area contributed by atoms with E-state index < -0.39 is 0 Å². The van der Waals surface area contributed by atoms with Crippen molar-refractivity contribution in [3.63, 3.8) is 0 Å². The Labute approximate surface area is 121 Å². The summed E-state index contributed by atoms with van der Waals surface area (Å²) in [6, 6.07) is 14.4. The molecule has 1 aromatic carbocycles. The van der Waals surface area contributed by atoms with Gasteiger partial charge in [0, 0.05) is 6.61 Å². The second-order valence-electron chi connectivity index (χ2n) is 5.09. The zero-order chi connectivity index (χ0) is 14.2. The first-order valence-electron chi connectivity index (χ1n) is 7.20. The normalized spacial score (nSPS) is 12.8. The van der Waals surface area contributed by atoms with Crippen LogP contribution in [-0.4, -0.2) is 19.3 Å². The SMILES string of the molecule is CC(C)OCCCNC(c1ccccc1)c1ccco1. The summed E-state index contributed by atoms with van der Waals surface area (Å²) in [5, 5.41) is 3.54. The third-order valence-electron chi connectivity index (χ3n) is 3.08. The van der Waals surface area contributed by atoms with Crippen LogP contribution in [0.25, 0.3) is 0 Å². The van der Waals surface area contributed by atoms with E-state index >= 15 is 0 Å². The Hall–Kier alpha value is -1.58. The molecule has 0 amide bonds. The largest absolute Gasteiger partial charge is 0.467 e. The molecule has 20 heavy (non-hydrogen) atoms. The molecule has 1 unspecified atom stereocenters. The second-order valence-corrected chi connectivity index (χ2v) is 5.09.